The third-order valence-corrected chi connectivity index (χ3v) is 4.31. The molecule has 0 aromatic rings. The Hall–Kier alpha value is -0.280. The second-order valence-electron chi connectivity index (χ2n) is 5.68. The molecule has 0 spiro atoms. The maximum atomic E-state index is 12.1. The molecule has 3 nitrogen and oxygen atoms in total. The smallest absolute Gasteiger partial charge is 0.222 e. The minimum absolute atomic E-state index is 0. The van der Waals surface area contributed by atoms with Crippen molar-refractivity contribution in [3.8, 4) is 0 Å². The van der Waals surface area contributed by atoms with Crippen LogP contribution in [0.2, 0.25) is 0 Å². The van der Waals surface area contributed by atoms with Gasteiger partial charge in [0.25, 0.3) is 0 Å². The van der Waals surface area contributed by atoms with E-state index in [-0.39, 0.29) is 12.4 Å². The molecule has 1 unspecified atom stereocenters. The van der Waals surface area contributed by atoms with Crippen LogP contribution in [0.3, 0.4) is 0 Å². The lowest BCUT2D eigenvalue weighted by Gasteiger charge is -2.34. The van der Waals surface area contributed by atoms with Gasteiger partial charge in [0.1, 0.15) is 0 Å². The highest BCUT2D eigenvalue weighted by Gasteiger charge is 2.23. The van der Waals surface area contributed by atoms with E-state index in [0.29, 0.717) is 11.9 Å². The quantitative estimate of drug-likeness (QED) is 0.858. The molecule has 1 heterocycles. The average Bonchev–Trinajstić information content (AvgIpc) is 2.38. The molecule has 4 heteroatoms. The zero-order chi connectivity index (χ0) is 12.1. The van der Waals surface area contributed by atoms with Crippen LogP contribution in [-0.4, -0.2) is 36.5 Å². The zero-order valence-electron chi connectivity index (χ0n) is 11.5. The lowest BCUT2D eigenvalue weighted by Crippen LogP contribution is -2.52. The van der Waals surface area contributed by atoms with Crippen LogP contribution in [0.5, 0.6) is 0 Å². The third-order valence-electron chi connectivity index (χ3n) is 4.31. The molecule has 1 saturated heterocycles. The maximum Gasteiger partial charge on any atom is 0.222 e. The largest absolute Gasteiger partial charge is 0.337 e. The van der Waals surface area contributed by atoms with Crippen molar-refractivity contribution in [3.63, 3.8) is 0 Å². The molecule has 2 fully saturated rings. The second-order valence-corrected chi connectivity index (χ2v) is 5.68. The fraction of sp³-hybridized carbons (Fsp3) is 0.929. The molecule has 0 radical (unpaired) electrons. The van der Waals surface area contributed by atoms with E-state index in [1.807, 2.05) is 0 Å². The van der Waals surface area contributed by atoms with Gasteiger partial charge in [-0.15, -0.1) is 12.4 Å². The Morgan fingerprint density at radius 3 is 2.67 bits per heavy atom. The molecule has 0 aromatic carbocycles. The Morgan fingerprint density at radius 1 is 1.28 bits per heavy atom. The number of carbonyl (C=O) groups is 1. The summed E-state index contributed by atoms with van der Waals surface area (Å²) in [6.45, 7) is 4.95. The van der Waals surface area contributed by atoms with E-state index in [2.05, 4.69) is 17.1 Å². The van der Waals surface area contributed by atoms with Gasteiger partial charge in [0.15, 0.2) is 0 Å². The molecular formula is C14H27ClN2O. The van der Waals surface area contributed by atoms with E-state index in [0.717, 1.165) is 38.4 Å². The topological polar surface area (TPSA) is 32.3 Å². The Labute approximate surface area is 117 Å². The van der Waals surface area contributed by atoms with Crippen molar-refractivity contribution in [1.82, 2.24) is 10.2 Å². The highest BCUT2D eigenvalue weighted by Crippen LogP contribution is 2.27. The number of amides is 1. The molecule has 0 aromatic heterocycles. The SMILES string of the molecule is CC1CNCCN1C(=O)CCC1CCCCC1.Cl. The van der Waals surface area contributed by atoms with Crippen molar-refractivity contribution in [1.29, 1.82) is 0 Å². The van der Waals surface area contributed by atoms with E-state index in [1.165, 1.54) is 32.1 Å². The Bertz CT molecular complexity index is 254. The van der Waals surface area contributed by atoms with Gasteiger partial charge in [-0.25, -0.2) is 0 Å². The van der Waals surface area contributed by atoms with Crippen molar-refractivity contribution in [2.24, 2.45) is 5.92 Å². The summed E-state index contributed by atoms with van der Waals surface area (Å²) in [7, 11) is 0. The van der Waals surface area contributed by atoms with Crippen LogP contribution in [0.1, 0.15) is 51.9 Å². The van der Waals surface area contributed by atoms with Crippen molar-refractivity contribution in [2.75, 3.05) is 19.6 Å². The number of rotatable bonds is 3. The van der Waals surface area contributed by atoms with Crippen LogP contribution < -0.4 is 5.32 Å². The highest BCUT2D eigenvalue weighted by molar-refractivity contribution is 5.85. The lowest BCUT2D eigenvalue weighted by atomic mass is 9.86. The predicted molar refractivity (Wildman–Crippen MR) is 77.1 cm³/mol. The van der Waals surface area contributed by atoms with Crippen LogP contribution in [0, 0.1) is 5.92 Å². The number of nitrogens with one attached hydrogen (secondary N) is 1. The lowest BCUT2D eigenvalue weighted by molar-refractivity contribution is -0.134. The van der Waals surface area contributed by atoms with E-state index < -0.39 is 0 Å². The van der Waals surface area contributed by atoms with E-state index in [4.69, 9.17) is 0 Å². The summed E-state index contributed by atoms with van der Waals surface area (Å²) in [5, 5.41) is 3.33. The molecule has 0 bridgehead atoms. The first-order valence-electron chi connectivity index (χ1n) is 7.27. The third kappa shape index (κ3) is 4.43. The molecule has 2 aliphatic rings. The van der Waals surface area contributed by atoms with Gasteiger partial charge in [0.2, 0.25) is 5.91 Å². The fourth-order valence-electron chi connectivity index (χ4n) is 3.16. The van der Waals surface area contributed by atoms with Gasteiger partial charge in [0, 0.05) is 32.1 Å². The summed E-state index contributed by atoms with van der Waals surface area (Å²) in [6.07, 6.45) is 8.75. The van der Waals surface area contributed by atoms with Crippen LogP contribution in [0.15, 0.2) is 0 Å². The number of hydrogen-bond donors (Lipinski definition) is 1. The van der Waals surface area contributed by atoms with Gasteiger partial charge >= 0.3 is 0 Å². The van der Waals surface area contributed by atoms with Crippen molar-refractivity contribution < 1.29 is 4.79 Å². The van der Waals surface area contributed by atoms with E-state index in [1.54, 1.807) is 0 Å². The second kappa shape index (κ2) is 8.00. The van der Waals surface area contributed by atoms with Crippen LogP contribution in [0.4, 0.5) is 0 Å². The number of halogens is 1. The van der Waals surface area contributed by atoms with Gasteiger partial charge in [-0.05, 0) is 19.3 Å². The molecule has 1 saturated carbocycles. The van der Waals surface area contributed by atoms with Crippen molar-refractivity contribution in [3.05, 3.63) is 0 Å². The Morgan fingerprint density at radius 2 is 2.00 bits per heavy atom. The van der Waals surface area contributed by atoms with E-state index in [9.17, 15) is 4.79 Å². The minimum Gasteiger partial charge on any atom is -0.337 e. The number of piperazine rings is 1. The first kappa shape index (κ1) is 15.8. The maximum absolute atomic E-state index is 12.1. The van der Waals surface area contributed by atoms with Crippen LogP contribution in [0.25, 0.3) is 0 Å². The molecule has 2 rings (SSSR count). The molecule has 106 valence electrons. The first-order chi connectivity index (χ1) is 8.27. The summed E-state index contributed by atoms with van der Waals surface area (Å²) >= 11 is 0. The van der Waals surface area contributed by atoms with Crippen molar-refractivity contribution in [2.45, 2.75) is 57.9 Å². The number of nitrogens with zero attached hydrogens (tertiary/aromatic N) is 1. The molecule has 1 N–H and O–H groups in total. The van der Waals surface area contributed by atoms with Crippen LogP contribution in [-0.2, 0) is 4.79 Å². The Kier molecular flexibility index (Phi) is 7.02. The van der Waals surface area contributed by atoms with Gasteiger partial charge < -0.3 is 10.2 Å². The monoisotopic (exact) mass is 274 g/mol. The molecule has 1 aliphatic carbocycles. The highest BCUT2D eigenvalue weighted by atomic mass is 35.5. The zero-order valence-corrected chi connectivity index (χ0v) is 12.3. The van der Waals surface area contributed by atoms with Crippen molar-refractivity contribution >= 4 is 18.3 Å². The van der Waals surface area contributed by atoms with E-state index >= 15 is 0 Å². The molecule has 1 amide bonds. The standard InChI is InChI=1S/C14H26N2O.ClH/c1-12-11-15-9-10-16(12)14(17)8-7-13-5-3-2-4-6-13;/h12-13,15H,2-11H2,1H3;1H. The Balaban J connectivity index is 0.00000162. The summed E-state index contributed by atoms with van der Waals surface area (Å²) in [5.41, 5.74) is 0. The molecule has 18 heavy (non-hydrogen) atoms. The van der Waals surface area contributed by atoms with Gasteiger partial charge in [0.05, 0.1) is 0 Å². The van der Waals surface area contributed by atoms with Gasteiger partial charge in [-0.2, -0.15) is 0 Å². The summed E-state index contributed by atoms with van der Waals surface area (Å²) in [5.74, 6) is 1.20. The minimum atomic E-state index is 0. The van der Waals surface area contributed by atoms with Gasteiger partial charge in [-0.1, -0.05) is 32.1 Å². The summed E-state index contributed by atoms with van der Waals surface area (Å²) in [6, 6.07) is 0.377. The summed E-state index contributed by atoms with van der Waals surface area (Å²) < 4.78 is 0. The summed E-state index contributed by atoms with van der Waals surface area (Å²) in [4.78, 5) is 14.2. The normalized spacial score (nSPS) is 25.6. The molecular weight excluding hydrogens is 248 g/mol. The number of hydrogen-bond acceptors (Lipinski definition) is 2. The first-order valence-corrected chi connectivity index (χ1v) is 7.27. The average molecular weight is 275 g/mol. The predicted octanol–water partition coefficient (Wildman–Crippen LogP) is 2.59. The number of carbonyl (C=O) groups excluding carboxylic acids is 1. The van der Waals surface area contributed by atoms with Crippen LogP contribution >= 0.6 is 12.4 Å². The fourth-order valence-corrected chi connectivity index (χ4v) is 3.16. The van der Waals surface area contributed by atoms with Gasteiger partial charge in [-0.3, -0.25) is 4.79 Å². The molecule has 1 aliphatic heterocycles. The molecule has 1 atom stereocenters.